The second-order valence-electron chi connectivity index (χ2n) is 8.03. The molecule has 0 unspecified atom stereocenters. The van der Waals surface area contributed by atoms with Crippen molar-refractivity contribution in [2.45, 2.75) is 39.7 Å². The van der Waals surface area contributed by atoms with Crippen molar-refractivity contribution < 1.29 is 4.79 Å². The van der Waals surface area contributed by atoms with Gasteiger partial charge in [-0.1, -0.05) is 39.0 Å². The Bertz CT molecular complexity index is 1180. The monoisotopic (exact) mass is 395 g/mol. The molecule has 0 atom stereocenters. The van der Waals surface area contributed by atoms with Gasteiger partial charge in [0.15, 0.2) is 0 Å². The lowest BCUT2D eigenvalue weighted by atomic mass is 9.92. The van der Waals surface area contributed by atoms with Gasteiger partial charge >= 0.3 is 5.69 Å². The van der Waals surface area contributed by atoms with Gasteiger partial charge in [0.05, 0.1) is 11.4 Å². The molecule has 1 amide bonds. The lowest BCUT2D eigenvalue weighted by molar-refractivity contribution is -0.116. The molecule has 1 aromatic carbocycles. The predicted octanol–water partition coefficient (Wildman–Crippen LogP) is 1.98. The summed E-state index contributed by atoms with van der Waals surface area (Å²) in [5.41, 5.74) is 1.53. The number of carbonyl (C=O) groups excluding carboxylic acids is 1. The van der Waals surface area contributed by atoms with Gasteiger partial charge in [0, 0.05) is 30.8 Å². The van der Waals surface area contributed by atoms with Gasteiger partial charge in [-0.15, -0.1) is 0 Å². The predicted molar refractivity (Wildman–Crippen MR) is 112 cm³/mol. The van der Waals surface area contributed by atoms with Gasteiger partial charge < -0.3 is 5.32 Å². The maximum Gasteiger partial charge on any atom is 0.331 e. The van der Waals surface area contributed by atoms with Crippen LogP contribution in [0.2, 0.25) is 0 Å². The van der Waals surface area contributed by atoms with Crippen molar-refractivity contribution >= 4 is 11.7 Å². The molecule has 0 saturated carbocycles. The highest BCUT2D eigenvalue weighted by molar-refractivity contribution is 5.90. The number of aromatic nitrogens is 4. The molecular weight excluding hydrogens is 370 g/mol. The number of hydrogen-bond donors (Lipinski definition) is 1. The molecule has 0 bridgehead atoms. The quantitative estimate of drug-likeness (QED) is 0.731. The van der Waals surface area contributed by atoms with Crippen molar-refractivity contribution in [3.8, 4) is 5.69 Å². The number of hydrogen-bond acceptors (Lipinski definition) is 4. The average molecular weight is 395 g/mol. The lowest BCUT2D eigenvalue weighted by Crippen LogP contribution is -2.39. The van der Waals surface area contributed by atoms with E-state index >= 15 is 0 Å². The van der Waals surface area contributed by atoms with Crippen LogP contribution in [0.4, 0.5) is 5.82 Å². The third kappa shape index (κ3) is 4.21. The number of para-hydroxylation sites is 1. The first-order valence-corrected chi connectivity index (χ1v) is 9.31. The fourth-order valence-electron chi connectivity index (χ4n) is 2.90. The Labute approximate surface area is 168 Å². The first-order valence-electron chi connectivity index (χ1n) is 9.31. The van der Waals surface area contributed by atoms with Gasteiger partial charge in [0.2, 0.25) is 5.91 Å². The molecule has 29 heavy (non-hydrogen) atoms. The summed E-state index contributed by atoms with van der Waals surface area (Å²) < 4.78 is 3.86. The molecule has 0 aliphatic carbocycles. The van der Waals surface area contributed by atoms with Crippen LogP contribution in [0.1, 0.15) is 32.0 Å². The van der Waals surface area contributed by atoms with Crippen LogP contribution in [0.15, 0.2) is 52.2 Å². The van der Waals surface area contributed by atoms with E-state index in [0.29, 0.717) is 5.82 Å². The summed E-state index contributed by atoms with van der Waals surface area (Å²) in [5, 5.41) is 7.56. The summed E-state index contributed by atoms with van der Waals surface area (Å²) in [7, 11) is 1.38. The Hall–Kier alpha value is -3.42. The molecule has 0 spiro atoms. The first kappa shape index (κ1) is 20.3. The molecule has 152 valence electrons. The highest BCUT2D eigenvalue weighted by atomic mass is 16.2. The van der Waals surface area contributed by atoms with Crippen LogP contribution in [0.25, 0.3) is 5.69 Å². The fraction of sp³-hybridized carbons (Fsp3) is 0.333. The Morgan fingerprint density at radius 2 is 1.83 bits per heavy atom. The SMILES string of the molecule is Cc1ccccc1-n1nc(C(C)(C)C)cc1NC(=O)Cn1ccc(=O)n(C)c1=O. The standard InChI is InChI=1S/C21H25N5O3/c1-14-8-6-7-9-15(14)26-17(12-16(23-26)21(2,3)4)22-18(27)13-25-11-10-19(28)24(5)20(25)29/h6-12H,13H2,1-5H3,(H,22,27). The molecule has 0 aliphatic heterocycles. The normalized spacial score (nSPS) is 11.5. The van der Waals surface area contributed by atoms with Crippen molar-refractivity contribution in [2.24, 2.45) is 7.05 Å². The highest BCUT2D eigenvalue weighted by Crippen LogP contribution is 2.27. The van der Waals surface area contributed by atoms with Gasteiger partial charge in [0.1, 0.15) is 12.4 Å². The van der Waals surface area contributed by atoms with E-state index in [0.717, 1.165) is 21.5 Å². The largest absolute Gasteiger partial charge is 0.331 e. The van der Waals surface area contributed by atoms with Crippen LogP contribution in [0, 0.1) is 6.92 Å². The highest BCUT2D eigenvalue weighted by Gasteiger charge is 2.22. The van der Waals surface area contributed by atoms with Gasteiger partial charge in [-0.25, -0.2) is 9.48 Å². The molecule has 2 heterocycles. The summed E-state index contributed by atoms with van der Waals surface area (Å²) >= 11 is 0. The molecule has 3 aromatic rings. The Kier molecular flexibility index (Phi) is 5.28. The molecule has 0 fully saturated rings. The van der Waals surface area contributed by atoms with Crippen molar-refractivity contribution in [2.75, 3.05) is 5.32 Å². The van der Waals surface area contributed by atoms with Crippen molar-refractivity contribution in [1.82, 2.24) is 18.9 Å². The molecular formula is C21H25N5O3. The van der Waals surface area contributed by atoms with Crippen molar-refractivity contribution in [3.05, 3.63) is 74.7 Å². The molecule has 8 heteroatoms. The number of anilines is 1. The van der Waals surface area contributed by atoms with E-state index in [9.17, 15) is 14.4 Å². The number of carbonyl (C=O) groups is 1. The van der Waals surface area contributed by atoms with Crippen LogP contribution >= 0.6 is 0 Å². The van der Waals surface area contributed by atoms with Gasteiger partial charge in [-0.2, -0.15) is 5.10 Å². The molecule has 8 nitrogen and oxygen atoms in total. The summed E-state index contributed by atoms with van der Waals surface area (Å²) in [5.74, 6) is 0.132. The van der Waals surface area contributed by atoms with Crippen molar-refractivity contribution in [1.29, 1.82) is 0 Å². The maximum atomic E-state index is 12.7. The van der Waals surface area contributed by atoms with Gasteiger partial charge in [-0.3, -0.25) is 18.7 Å². The number of benzene rings is 1. The van der Waals surface area contributed by atoms with E-state index < -0.39 is 11.2 Å². The molecule has 0 radical (unpaired) electrons. The summed E-state index contributed by atoms with van der Waals surface area (Å²) in [6.45, 7) is 7.91. The topological polar surface area (TPSA) is 90.9 Å². The molecule has 2 aromatic heterocycles. The lowest BCUT2D eigenvalue weighted by Gasteiger charge is -2.14. The van der Waals surface area contributed by atoms with Crippen LogP contribution < -0.4 is 16.6 Å². The number of nitrogens with one attached hydrogen (secondary N) is 1. The van der Waals surface area contributed by atoms with Crippen LogP contribution in [0.5, 0.6) is 0 Å². The number of aryl methyl sites for hydroxylation is 1. The number of rotatable bonds is 4. The second kappa shape index (κ2) is 7.54. The molecule has 0 saturated heterocycles. The molecule has 0 aliphatic rings. The summed E-state index contributed by atoms with van der Waals surface area (Å²) in [6.07, 6.45) is 1.32. The van der Waals surface area contributed by atoms with Crippen LogP contribution in [-0.4, -0.2) is 24.8 Å². The third-order valence-corrected chi connectivity index (χ3v) is 4.66. The Balaban J connectivity index is 1.96. The summed E-state index contributed by atoms with van der Waals surface area (Å²) in [4.78, 5) is 36.4. The summed E-state index contributed by atoms with van der Waals surface area (Å²) in [6, 6.07) is 10.9. The van der Waals surface area contributed by atoms with Crippen molar-refractivity contribution in [3.63, 3.8) is 0 Å². The van der Waals surface area contributed by atoms with E-state index in [2.05, 4.69) is 5.32 Å². The van der Waals surface area contributed by atoms with E-state index in [4.69, 9.17) is 5.10 Å². The van der Waals surface area contributed by atoms with E-state index in [1.165, 1.54) is 23.9 Å². The Morgan fingerprint density at radius 1 is 1.14 bits per heavy atom. The van der Waals surface area contributed by atoms with E-state index in [1.807, 2.05) is 58.0 Å². The minimum atomic E-state index is -0.546. The smallest absolute Gasteiger partial charge is 0.309 e. The average Bonchev–Trinajstić information content (AvgIpc) is 3.06. The first-order chi connectivity index (χ1) is 13.6. The fourth-order valence-corrected chi connectivity index (χ4v) is 2.90. The molecule has 3 rings (SSSR count). The van der Waals surface area contributed by atoms with E-state index in [1.54, 1.807) is 4.68 Å². The zero-order chi connectivity index (χ0) is 21.3. The Morgan fingerprint density at radius 3 is 2.48 bits per heavy atom. The zero-order valence-corrected chi connectivity index (χ0v) is 17.3. The van der Waals surface area contributed by atoms with Crippen LogP contribution in [-0.2, 0) is 23.8 Å². The second-order valence-corrected chi connectivity index (χ2v) is 8.03. The van der Waals surface area contributed by atoms with E-state index in [-0.39, 0.29) is 17.9 Å². The zero-order valence-electron chi connectivity index (χ0n) is 17.3. The van der Waals surface area contributed by atoms with Gasteiger partial charge in [0.25, 0.3) is 5.56 Å². The number of nitrogens with zero attached hydrogens (tertiary/aromatic N) is 4. The molecule has 1 N–H and O–H groups in total. The van der Waals surface area contributed by atoms with Crippen LogP contribution in [0.3, 0.4) is 0 Å². The maximum absolute atomic E-state index is 12.7. The minimum absolute atomic E-state index is 0.206. The van der Waals surface area contributed by atoms with Gasteiger partial charge in [-0.05, 0) is 18.6 Å². The minimum Gasteiger partial charge on any atom is -0.309 e. The third-order valence-electron chi connectivity index (χ3n) is 4.66. The number of amides is 1.